The first-order valence-electron chi connectivity index (χ1n) is 39.5. The van der Waals surface area contributed by atoms with Crippen LogP contribution in [0.4, 0.5) is 39.5 Å². The minimum Gasteiger partial charge on any atom is -0.493 e. The quantitative estimate of drug-likeness (QED) is 0.0573. The minimum atomic E-state index is -4.81. The SMILES string of the molecule is COC(=O)C(OC(C)(C)C)c1c(C(F)(F)F)ccc(-c2cc(C)nn2C)c1-c1ccc2c(c1)CCCO2.COC(=O)C(OC(C)(C)C)c1c(C(F)(F)F)ccc(C)c1-c1ccc2c(c1)CCCO2.Cc1cc(-c2ccc(C(F)(F)F)c(C(OC(C)(C)C)C(=O)O)c2-c2ccc3c(c2)CCCO3)n(C)n1.Cc1cc(B2OC(C)(C)C(C)(C)O2)n(C)n1. The van der Waals surface area contributed by atoms with E-state index in [1.54, 1.807) is 154 Å². The lowest BCUT2D eigenvalue weighted by Gasteiger charge is -2.32. The Bertz CT molecular complexity index is 5240. The van der Waals surface area contributed by atoms with E-state index in [1.165, 1.54) is 18.2 Å². The lowest BCUT2D eigenvalue weighted by molar-refractivity contribution is -0.167. The molecule has 1 fully saturated rings. The number of hydrogen-bond acceptors (Lipinski definition) is 16. The molecule has 9 aromatic rings. The van der Waals surface area contributed by atoms with Crippen molar-refractivity contribution in [1.29, 1.82) is 0 Å². The maximum atomic E-state index is 14.6. The zero-order chi connectivity index (χ0) is 88.6. The average molecular weight is 1680 g/mol. The summed E-state index contributed by atoms with van der Waals surface area (Å²) >= 11 is 0. The number of hydrogen-bond donors (Lipinski definition) is 1. The Morgan fingerprint density at radius 1 is 0.442 bits per heavy atom. The van der Waals surface area contributed by atoms with Crippen LogP contribution in [0.3, 0.4) is 0 Å². The number of ether oxygens (including phenoxy) is 8. The Balaban J connectivity index is 0.000000174. The fourth-order valence-electron chi connectivity index (χ4n) is 15.0. The van der Waals surface area contributed by atoms with Gasteiger partial charge in [0.15, 0.2) is 18.3 Å². The number of aromatic nitrogens is 6. The standard InChI is InChI=1S/C28H31F3N2O4.C27H29F3N2O4.C24H27F3O4.C11H19BN2O2/c1-16-14-21(33(5)32-16)19-10-11-20(28(29,30)31)24(25(26(34)35-6)37-27(2,3)4)23(19)18-9-12-22-17(15-18)8-7-13-36-22;1-15-13-20(32(5)31-15)18-9-10-19(27(28,29)30)23(24(25(33)34)36-26(2,3)4)22(18)17-8-11-21-16(14-17)7-6-12-35-21;1-14-8-10-17(24(25,26)27)20(21(22(28)29-5)31-23(2,3)4)19(14)16-9-11-18-15(13-16)7-6-12-30-18;1-8-7-9(14(6)13-8)12-15-10(2,3)11(4,5)16-12/h9-12,14-15,25H,7-8,13H2,1-6H3;8-11,13-14,24H,6-7,12H2,1-5H3,(H,33,34);8-11,13,21H,6-7,12H2,1-5H3;7H,1-6H3. The number of esters is 2. The fraction of sp³-hybridized carbons (Fsp3) is 0.467. The van der Waals surface area contributed by atoms with Gasteiger partial charge in [0, 0.05) is 49.0 Å². The second kappa shape index (κ2) is 35.6. The fourth-order valence-corrected chi connectivity index (χ4v) is 15.0. The van der Waals surface area contributed by atoms with Crippen molar-refractivity contribution >= 4 is 30.6 Å². The summed E-state index contributed by atoms with van der Waals surface area (Å²) in [5.74, 6) is -1.18. The Kier molecular flexibility index (Phi) is 27.4. The summed E-state index contributed by atoms with van der Waals surface area (Å²) in [5.41, 5.74) is 3.67. The Labute approximate surface area is 694 Å². The molecule has 3 aromatic heterocycles. The summed E-state index contributed by atoms with van der Waals surface area (Å²) in [6.07, 6.45) is -14.6. The first-order chi connectivity index (χ1) is 55.7. The molecule has 1 N–H and O–H groups in total. The molecular weight excluding hydrogens is 1570 g/mol. The molecule has 1 saturated heterocycles. The van der Waals surface area contributed by atoms with Gasteiger partial charge in [-0.25, -0.2) is 14.4 Å². The lowest BCUT2D eigenvalue weighted by atomic mass is 9.84. The van der Waals surface area contributed by atoms with Gasteiger partial charge >= 0.3 is 43.6 Å². The van der Waals surface area contributed by atoms with E-state index in [4.69, 9.17) is 47.2 Å². The van der Waals surface area contributed by atoms with E-state index in [0.717, 1.165) is 98.2 Å². The van der Waals surface area contributed by atoms with Crippen LogP contribution >= 0.6 is 0 Å². The number of halogens is 9. The van der Waals surface area contributed by atoms with E-state index >= 15 is 0 Å². The highest BCUT2D eigenvalue weighted by molar-refractivity contribution is 6.61. The van der Waals surface area contributed by atoms with Crippen LogP contribution in [0.25, 0.3) is 55.9 Å². The lowest BCUT2D eigenvalue weighted by Crippen LogP contribution is -2.41. The van der Waals surface area contributed by atoms with Gasteiger partial charge in [-0.05, 0) is 285 Å². The van der Waals surface area contributed by atoms with Crippen molar-refractivity contribution in [2.24, 2.45) is 21.1 Å². The van der Waals surface area contributed by atoms with Crippen LogP contribution in [-0.4, -0.2) is 122 Å². The first kappa shape index (κ1) is 92.3. The third-order valence-electron chi connectivity index (χ3n) is 20.8. The predicted octanol–water partition coefficient (Wildman–Crippen LogP) is 19.8. The molecule has 646 valence electrons. The van der Waals surface area contributed by atoms with Gasteiger partial charge < -0.3 is 52.3 Å². The Morgan fingerprint density at radius 3 is 1.07 bits per heavy atom. The van der Waals surface area contributed by atoms with Crippen molar-refractivity contribution in [2.45, 2.75) is 221 Å². The number of nitrogens with zero attached hydrogens (tertiary/aromatic N) is 6. The van der Waals surface area contributed by atoms with E-state index in [2.05, 4.69) is 43.0 Å². The molecule has 6 aromatic carbocycles. The monoisotopic (exact) mass is 1680 g/mol. The molecule has 0 aliphatic carbocycles. The van der Waals surface area contributed by atoms with E-state index in [0.29, 0.717) is 99.5 Å². The van der Waals surface area contributed by atoms with Crippen LogP contribution in [0, 0.1) is 27.7 Å². The second-order valence-electron chi connectivity index (χ2n) is 34.2. The van der Waals surface area contributed by atoms with Crippen molar-refractivity contribution in [3.05, 3.63) is 182 Å². The van der Waals surface area contributed by atoms with E-state index < -0.39 is 93.8 Å². The Hall–Kier alpha value is -10.0. The van der Waals surface area contributed by atoms with Crippen LogP contribution in [0.15, 0.2) is 109 Å². The van der Waals surface area contributed by atoms with Gasteiger partial charge in [0.1, 0.15) is 17.2 Å². The molecule has 0 radical (unpaired) electrons. The van der Waals surface area contributed by atoms with Crippen LogP contribution in [0.1, 0.15) is 200 Å². The van der Waals surface area contributed by atoms with Crippen molar-refractivity contribution < 1.29 is 106 Å². The maximum absolute atomic E-state index is 14.6. The van der Waals surface area contributed by atoms with Crippen molar-refractivity contribution in [1.82, 2.24) is 29.3 Å². The molecule has 3 unspecified atom stereocenters. The molecule has 4 aliphatic heterocycles. The van der Waals surface area contributed by atoms with Crippen molar-refractivity contribution in [3.63, 3.8) is 0 Å². The highest BCUT2D eigenvalue weighted by Gasteiger charge is 2.53. The topological polar surface area (TPSA) is 217 Å². The second-order valence-corrected chi connectivity index (χ2v) is 34.2. The minimum absolute atomic E-state index is 0.151. The van der Waals surface area contributed by atoms with E-state index in [1.807, 2.05) is 43.8 Å². The molecule has 120 heavy (non-hydrogen) atoms. The summed E-state index contributed by atoms with van der Waals surface area (Å²) < 4.78 is 191. The number of carboxylic acid groups (broad SMARTS) is 1. The highest BCUT2D eigenvalue weighted by Crippen LogP contribution is 2.52. The largest absolute Gasteiger partial charge is 0.514 e. The first-order valence-corrected chi connectivity index (χ1v) is 39.5. The van der Waals surface area contributed by atoms with Crippen LogP contribution < -0.4 is 19.8 Å². The third-order valence-corrected chi connectivity index (χ3v) is 20.8. The molecule has 3 atom stereocenters. The number of carbonyl (C=O) groups is 3. The predicted molar refractivity (Wildman–Crippen MR) is 437 cm³/mol. The van der Waals surface area contributed by atoms with Gasteiger partial charge in [-0.1, -0.05) is 36.4 Å². The molecule has 13 rings (SSSR count). The zero-order valence-corrected chi connectivity index (χ0v) is 71.9. The van der Waals surface area contributed by atoms with Gasteiger partial charge in [0.25, 0.3) is 0 Å². The van der Waals surface area contributed by atoms with E-state index in [9.17, 15) is 59.0 Å². The molecule has 30 heteroatoms. The van der Waals surface area contributed by atoms with Gasteiger partial charge in [-0.2, -0.15) is 54.8 Å². The number of methoxy groups -OCH3 is 2. The summed E-state index contributed by atoms with van der Waals surface area (Å²) in [6, 6.07) is 28.6. The Morgan fingerprint density at radius 2 is 0.758 bits per heavy atom. The number of fused-ring (bicyclic) bond motifs is 3. The average Bonchev–Trinajstić information content (AvgIpc) is 0.936. The summed E-state index contributed by atoms with van der Waals surface area (Å²) in [7, 11) is 7.29. The van der Waals surface area contributed by atoms with Gasteiger partial charge in [0.05, 0.1) is 113 Å². The zero-order valence-electron chi connectivity index (χ0n) is 71.9. The number of aryl methyl sites for hydroxylation is 10. The van der Waals surface area contributed by atoms with Crippen LogP contribution in [-0.2, 0) is 106 Å². The van der Waals surface area contributed by atoms with Crippen molar-refractivity contribution in [2.75, 3.05) is 34.0 Å². The number of aliphatic carboxylic acids is 1. The summed E-state index contributed by atoms with van der Waals surface area (Å²) in [6.45, 7) is 32.2. The van der Waals surface area contributed by atoms with Gasteiger partial charge in [-0.3, -0.25) is 14.0 Å². The highest BCUT2D eigenvalue weighted by atomic mass is 19.4. The van der Waals surface area contributed by atoms with Crippen molar-refractivity contribution in [3.8, 4) is 73.1 Å². The molecule has 0 spiro atoms. The van der Waals surface area contributed by atoms with E-state index in [-0.39, 0.29) is 40.6 Å². The molecule has 0 saturated carbocycles. The number of carboxylic acids is 1. The molecule has 20 nitrogen and oxygen atoms in total. The molecule has 7 heterocycles. The molecular formula is C90H106BF9N6O14. The van der Waals surface area contributed by atoms with Crippen LogP contribution in [0.2, 0.25) is 0 Å². The smallest absolute Gasteiger partial charge is 0.493 e. The number of alkyl halides is 9. The number of carbonyl (C=O) groups excluding carboxylic acids is 2. The molecule has 0 bridgehead atoms. The summed E-state index contributed by atoms with van der Waals surface area (Å²) in [5, 5.41) is 23.2. The number of benzene rings is 6. The van der Waals surface area contributed by atoms with Crippen LogP contribution in [0.5, 0.6) is 17.2 Å². The third kappa shape index (κ3) is 21.3. The molecule has 4 aliphatic rings. The van der Waals surface area contributed by atoms with Gasteiger partial charge in [0.2, 0.25) is 0 Å². The van der Waals surface area contributed by atoms with Gasteiger partial charge in [-0.15, -0.1) is 0 Å². The number of rotatable bonds is 15. The summed E-state index contributed by atoms with van der Waals surface area (Å²) in [4.78, 5) is 38.2. The normalized spacial score (nSPS) is 15.9. The molecule has 0 amide bonds. The maximum Gasteiger partial charge on any atom is 0.514 e.